The van der Waals surface area contributed by atoms with Crippen molar-refractivity contribution in [3.8, 4) is 0 Å². The number of nitrogens with zero attached hydrogens (tertiary/aromatic N) is 1. The Hall–Kier alpha value is -3.12. The molecule has 0 fully saturated rings. The lowest BCUT2D eigenvalue weighted by molar-refractivity contribution is -0.120. The van der Waals surface area contributed by atoms with Crippen molar-refractivity contribution in [1.29, 1.82) is 0 Å². The van der Waals surface area contributed by atoms with Gasteiger partial charge in [-0.2, -0.15) is 0 Å². The summed E-state index contributed by atoms with van der Waals surface area (Å²) in [5.41, 5.74) is 2.26. The standard InChI is InChI=1S/C24H26N2O3S/c1-3-22(20-13-6-4-7-14-20)25-24(27)18-26(23-17-11-10-12-19(23)2)30(28,29)21-15-8-5-9-16-21/h4-17,22H,3,18H2,1-2H3,(H,25,27). The van der Waals surface area contributed by atoms with Crippen molar-refractivity contribution in [1.82, 2.24) is 5.32 Å². The molecule has 6 heteroatoms. The third kappa shape index (κ3) is 4.89. The highest BCUT2D eigenvalue weighted by Gasteiger charge is 2.28. The van der Waals surface area contributed by atoms with Crippen LogP contribution in [0.5, 0.6) is 0 Å². The summed E-state index contributed by atoms with van der Waals surface area (Å²) in [5, 5.41) is 2.98. The van der Waals surface area contributed by atoms with Crippen molar-refractivity contribution < 1.29 is 13.2 Å². The van der Waals surface area contributed by atoms with Gasteiger partial charge >= 0.3 is 0 Å². The van der Waals surface area contributed by atoms with Gasteiger partial charge in [0.25, 0.3) is 10.0 Å². The summed E-state index contributed by atoms with van der Waals surface area (Å²) in [6.07, 6.45) is 0.700. The molecule has 3 aromatic rings. The molecular formula is C24H26N2O3S. The lowest BCUT2D eigenvalue weighted by Crippen LogP contribution is -2.42. The van der Waals surface area contributed by atoms with Gasteiger partial charge < -0.3 is 5.32 Å². The summed E-state index contributed by atoms with van der Waals surface area (Å²) in [4.78, 5) is 13.1. The quantitative estimate of drug-likeness (QED) is 0.583. The topological polar surface area (TPSA) is 66.5 Å². The number of aryl methyl sites for hydroxylation is 1. The van der Waals surface area contributed by atoms with Gasteiger partial charge in [-0.05, 0) is 42.7 Å². The Morgan fingerprint density at radius 3 is 2.07 bits per heavy atom. The average molecular weight is 423 g/mol. The maximum atomic E-state index is 13.4. The van der Waals surface area contributed by atoms with Gasteiger partial charge in [-0.3, -0.25) is 9.10 Å². The van der Waals surface area contributed by atoms with Gasteiger partial charge in [-0.15, -0.1) is 0 Å². The predicted octanol–water partition coefficient (Wildman–Crippen LogP) is 4.46. The molecule has 30 heavy (non-hydrogen) atoms. The maximum absolute atomic E-state index is 13.4. The van der Waals surface area contributed by atoms with Crippen LogP contribution in [-0.2, 0) is 14.8 Å². The van der Waals surface area contributed by atoms with Crippen LogP contribution in [0.25, 0.3) is 0 Å². The number of nitrogens with one attached hydrogen (secondary N) is 1. The largest absolute Gasteiger partial charge is 0.348 e. The van der Waals surface area contributed by atoms with E-state index in [1.54, 1.807) is 30.3 Å². The second-order valence-corrected chi connectivity index (χ2v) is 8.91. The van der Waals surface area contributed by atoms with Gasteiger partial charge in [0.1, 0.15) is 6.54 Å². The van der Waals surface area contributed by atoms with Crippen LogP contribution in [0, 0.1) is 6.92 Å². The van der Waals surface area contributed by atoms with Crippen LogP contribution in [0.4, 0.5) is 5.69 Å². The Morgan fingerprint density at radius 1 is 0.900 bits per heavy atom. The number of anilines is 1. The van der Waals surface area contributed by atoms with Crippen molar-refractivity contribution in [2.45, 2.75) is 31.2 Å². The number of hydrogen-bond donors (Lipinski definition) is 1. The fraction of sp³-hybridized carbons (Fsp3) is 0.208. The van der Waals surface area contributed by atoms with Crippen LogP contribution in [0.1, 0.15) is 30.5 Å². The summed E-state index contributed by atoms with van der Waals surface area (Å²) in [6, 6.07) is 24.8. The number of benzene rings is 3. The molecule has 3 rings (SSSR count). The van der Waals surface area contributed by atoms with E-state index in [4.69, 9.17) is 0 Å². The maximum Gasteiger partial charge on any atom is 0.264 e. The van der Waals surface area contributed by atoms with Gasteiger partial charge in [-0.25, -0.2) is 8.42 Å². The van der Waals surface area contributed by atoms with E-state index in [-0.39, 0.29) is 23.4 Å². The number of carbonyl (C=O) groups is 1. The molecule has 0 saturated heterocycles. The summed E-state index contributed by atoms with van der Waals surface area (Å²) in [6.45, 7) is 3.52. The molecule has 0 saturated carbocycles. The van der Waals surface area contributed by atoms with Crippen LogP contribution in [0.2, 0.25) is 0 Å². The average Bonchev–Trinajstić information content (AvgIpc) is 2.77. The Kier molecular flexibility index (Phi) is 6.90. The highest BCUT2D eigenvalue weighted by atomic mass is 32.2. The Labute approximate surface area is 178 Å². The van der Waals surface area contributed by atoms with E-state index in [1.165, 1.54) is 16.4 Å². The van der Waals surface area contributed by atoms with Gasteiger partial charge in [0, 0.05) is 0 Å². The summed E-state index contributed by atoms with van der Waals surface area (Å²) in [5.74, 6) is -0.353. The fourth-order valence-electron chi connectivity index (χ4n) is 3.34. The first-order valence-corrected chi connectivity index (χ1v) is 11.3. The van der Waals surface area contributed by atoms with Gasteiger partial charge in [0.05, 0.1) is 16.6 Å². The van der Waals surface area contributed by atoms with Gasteiger partial charge in [-0.1, -0.05) is 73.7 Å². The minimum absolute atomic E-state index is 0.149. The zero-order chi connectivity index (χ0) is 21.6. The van der Waals surface area contributed by atoms with Crippen molar-refractivity contribution in [2.24, 2.45) is 0 Å². The lowest BCUT2D eigenvalue weighted by atomic mass is 10.0. The first kappa shape index (κ1) is 21.6. The fourth-order valence-corrected chi connectivity index (χ4v) is 4.85. The van der Waals surface area contributed by atoms with Crippen LogP contribution in [0.15, 0.2) is 89.8 Å². The lowest BCUT2D eigenvalue weighted by Gasteiger charge is -2.27. The SMILES string of the molecule is CCC(NC(=O)CN(c1ccccc1C)S(=O)(=O)c1ccccc1)c1ccccc1. The molecule has 0 spiro atoms. The third-order valence-electron chi connectivity index (χ3n) is 4.95. The first-order valence-electron chi connectivity index (χ1n) is 9.91. The van der Waals surface area contributed by atoms with Crippen molar-refractivity contribution in [3.05, 3.63) is 96.1 Å². The van der Waals surface area contributed by atoms with Crippen LogP contribution in [0.3, 0.4) is 0 Å². The molecular weight excluding hydrogens is 396 g/mol. The van der Waals surface area contributed by atoms with E-state index in [9.17, 15) is 13.2 Å². The zero-order valence-corrected chi connectivity index (χ0v) is 18.0. The second-order valence-electron chi connectivity index (χ2n) is 7.05. The highest BCUT2D eigenvalue weighted by Crippen LogP contribution is 2.26. The van der Waals surface area contributed by atoms with E-state index in [0.717, 1.165) is 11.1 Å². The Balaban J connectivity index is 1.92. The Bertz CT molecular complexity index is 1080. The van der Waals surface area contributed by atoms with Crippen LogP contribution in [-0.4, -0.2) is 20.9 Å². The van der Waals surface area contributed by atoms with Crippen LogP contribution >= 0.6 is 0 Å². The van der Waals surface area contributed by atoms with E-state index in [0.29, 0.717) is 12.1 Å². The van der Waals surface area contributed by atoms with E-state index in [2.05, 4.69) is 5.32 Å². The zero-order valence-electron chi connectivity index (χ0n) is 17.2. The van der Waals surface area contributed by atoms with Gasteiger partial charge in [0.15, 0.2) is 0 Å². The molecule has 0 aliphatic rings. The van der Waals surface area contributed by atoms with Crippen LogP contribution < -0.4 is 9.62 Å². The molecule has 5 nitrogen and oxygen atoms in total. The highest BCUT2D eigenvalue weighted by molar-refractivity contribution is 7.92. The molecule has 1 N–H and O–H groups in total. The predicted molar refractivity (Wildman–Crippen MR) is 120 cm³/mol. The number of para-hydroxylation sites is 1. The minimum atomic E-state index is -3.91. The molecule has 1 amide bonds. The molecule has 156 valence electrons. The van der Waals surface area contributed by atoms with Gasteiger partial charge in [0.2, 0.25) is 5.91 Å². The van der Waals surface area contributed by atoms with Crippen molar-refractivity contribution in [2.75, 3.05) is 10.8 Å². The molecule has 0 bridgehead atoms. The minimum Gasteiger partial charge on any atom is -0.348 e. The number of amides is 1. The van der Waals surface area contributed by atoms with E-state index < -0.39 is 10.0 Å². The second kappa shape index (κ2) is 9.59. The van der Waals surface area contributed by atoms with E-state index >= 15 is 0 Å². The Morgan fingerprint density at radius 2 is 1.47 bits per heavy atom. The molecule has 0 heterocycles. The first-order chi connectivity index (χ1) is 14.4. The number of carbonyl (C=O) groups excluding carboxylic acids is 1. The number of rotatable bonds is 8. The molecule has 0 aromatic heterocycles. The number of hydrogen-bond acceptors (Lipinski definition) is 3. The molecule has 0 radical (unpaired) electrons. The monoisotopic (exact) mass is 422 g/mol. The number of sulfonamides is 1. The summed E-state index contributed by atoms with van der Waals surface area (Å²) >= 11 is 0. The molecule has 1 unspecified atom stereocenters. The third-order valence-corrected chi connectivity index (χ3v) is 6.72. The smallest absolute Gasteiger partial charge is 0.264 e. The molecule has 1 atom stereocenters. The molecule has 3 aromatic carbocycles. The summed E-state index contributed by atoms with van der Waals surface area (Å²) < 4.78 is 28.0. The normalized spacial score (nSPS) is 12.2. The van der Waals surface area contributed by atoms with Crippen molar-refractivity contribution >= 4 is 21.6 Å². The summed E-state index contributed by atoms with van der Waals surface area (Å²) in [7, 11) is -3.91. The van der Waals surface area contributed by atoms with E-state index in [1.807, 2.05) is 56.3 Å². The molecule has 0 aliphatic carbocycles. The van der Waals surface area contributed by atoms with Crippen molar-refractivity contribution in [3.63, 3.8) is 0 Å². The molecule has 0 aliphatic heterocycles.